The first-order valence-corrected chi connectivity index (χ1v) is 6.50. The summed E-state index contributed by atoms with van der Waals surface area (Å²) in [6, 6.07) is 4.89. The Hall–Kier alpha value is -1.53. The Morgan fingerprint density at radius 3 is 2.89 bits per heavy atom. The molecule has 0 aliphatic carbocycles. The second-order valence-corrected chi connectivity index (χ2v) is 5.53. The lowest BCUT2D eigenvalue weighted by Gasteiger charge is -2.11. The highest BCUT2D eigenvalue weighted by Crippen LogP contribution is 2.26. The minimum absolute atomic E-state index is 0.115. The maximum absolute atomic E-state index is 11.7. The normalized spacial score (nSPS) is 12.2. The van der Waals surface area contributed by atoms with Gasteiger partial charge in [-0.3, -0.25) is 5.32 Å². The predicted molar refractivity (Wildman–Crippen MR) is 71.1 cm³/mol. The molecule has 0 bridgehead atoms. The highest BCUT2D eigenvalue weighted by molar-refractivity contribution is 7.16. The molecule has 0 saturated heterocycles. The van der Waals surface area contributed by atoms with Crippen LogP contribution in [0.4, 0.5) is 10.6 Å². The summed E-state index contributed by atoms with van der Waals surface area (Å²) in [5.41, 5.74) is 0. The zero-order chi connectivity index (χ0) is 13.1. The molecule has 0 saturated carbocycles. The molecule has 7 heteroatoms. The van der Waals surface area contributed by atoms with Crippen molar-refractivity contribution in [1.82, 2.24) is 10.5 Å². The number of urea groups is 1. The summed E-state index contributed by atoms with van der Waals surface area (Å²) in [5, 5.41) is 9.05. The highest BCUT2D eigenvalue weighted by atomic mass is 35.5. The SMILES string of the molecule is Cc1cc(NC(=O)N[C@H](C)c2ccc(Cl)s2)no1. The summed E-state index contributed by atoms with van der Waals surface area (Å²) >= 11 is 7.28. The molecule has 0 fully saturated rings. The number of hydrogen-bond acceptors (Lipinski definition) is 4. The van der Waals surface area contributed by atoms with Crippen molar-refractivity contribution in [3.05, 3.63) is 33.2 Å². The lowest BCUT2D eigenvalue weighted by molar-refractivity contribution is 0.249. The van der Waals surface area contributed by atoms with E-state index < -0.39 is 0 Å². The smallest absolute Gasteiger partial charge is 0.320 e. The molecular formula is C11H12ClN3O2S. The largest absolute Gasteiger partial charge is 0.360 e. The van der Waals surface area contributed by atoms with Crippen molar-refractivity contribution in [1.29, 1.82) is 0 Å². The zero-order valence-corrected chi connectivity index (χ0v) is 11.4. The van der Waals surface area contributed by atoms with Crippen LogP contribution in [0.25, 0.3) is 0 Å². The van der Waals surface area contributed by atoms with Gasteiger partial charge in [-0.05, 0) is 26.0 Å². The Balaban J connectivity index is 1.91. The van der Waals surface area contributed by atoms with E-state index in [9.17, 15) is 4.79 Å². The zero-order valence-electron chi connectivity index (χ0n) is 9.86. The van der Waals surface area contributed by atoms with Crippen LogP contribution in [0.3, 0.4) is 0 Å². The number of hydrogen-bond donors (Lipinski definition) is 2. The molecule has 2 heterocycles. The lowest BCUT2D eigenvalue weighted by atomic mass is 10.3. The number of carbonyl (C=O) groups excluding carboxylic acids is 1. The summed E-state index contributed by atoms with van der Waals surface area (Å²) in [5.74, 6) is 1.03. The van der Waals surface area contributed by atoms with Gasteiger partial charge in [0.25, 0.3) is 0 Å². The van der Waals surface area contributed by atoms with E-state index in [-0.39, 0.29) is 12.1 Å². The Labute approximate surface area is 113 Å². The Morgan fingerprint density at radius 1 is 1.56 bits per heavy atom. The Kier molecular flexibility index (Phi) is 3.88. The van der Waals surface area contributed by atoms with Crippen LogP contribution in [-0.2, 0) is 0 Å². The van der Waals surface area contributed by atoms with E-state index >= 15 is 0 Å². The van der Waals surface area contributed by atoms with Crippen molar-refractivity contribution in [2.45, 2.75) is 19.9 Å². The Bertz CT molecular complexity index is 552. The molecule has 0 unspecified atom stereocenters. The molecule has 2 amide bonds. The van der Waals surface area contributed by atoms with E-state index in [0.717, 1.165) is 4.88 Å². The minimum atomic E-state index is -0.333. The van der Waals surface area contributed by atoms with Gasteiger partial charge in [0.05, 0.1) is 10.4 Å². The third-order valence-corrected chi connectivity index (χ3v) is 3.65. The molecule has 2 rings (SSSR count). The average Bonchev–Trinajstić information content (AvgIpc) is 2.87. The standard InChI is InChI=1S/C11H12ClN3O2S/c1-6-5-10(15-17-6)14-11(16)13-7(2)8-3-4-9(12)18-8/h3-5,7H,1-2H3,(H2,13,14,15,16)/t7-/m1/s1. The molecule has 18 heavy (non-hydrogen) atoms. The van der Waals surface area contributed by atoms with Crippen LogP contribution in [0.5, 0.6) is 0 Å². The lowest BCUT2D eigenvalue weighted by Crippen LogP contribution is -2.30. The average molecular weight is 286 g/mol. The molecule has 1 atom stereocenters. The molecule has 5 nitrogen and oxygen atoms in total. The van der Waals surface area contributed by atoms with Gasteiger partial charge in [0.1, 0.15) is 5.76 Å². The van der Waals surface area contributed by atoms with Gasteiger partial charge in [-0.15, -0.1) is 11.3 Å². The summed E-state index contributed by atoms with van der Waals surface area (Å²) in [7, 11) is 0. The van der Waals surface area contributed by atoms with Crippen molar-refractivity contribution in [3.63, 3.8) is 0 Å². The van der Waals surface area contributed by atoms with Gasteiger partial charge < -0.3 is 9.84 Å². The highest BCUT2D eigenvalue weighted by Gasteiger charge is 2.12. The summed E-state index contributed by atoms with van der Waals surface area (Å²) in [6.45, 7) is 3.64. The van der Waals surface area contributed by atoms with Crippen LogP contribution in [0, 0.1) is 6.92 Å². The quantitative estimate of drug-likeness (QED) is 0.906. The molecule has 2 N–H and O–H groups in total. The van der Waals surface area contributed by atoms with Crippen LogP contribution in [-0.4, -0.2) is 11.2 Å². The number of amides is 2. The van der Waals surface area contributed by atoms with Crippen LogP contribution in [0.1, 0.15) is 23.6 Å². The van der Waals surface area contributed by atoms with Crippen molar-refractivity contribution >= 4 is 34.8 Å². The molecule has 0 spiro atoms. The summed E-state index contributed by atoms with van der Waals surface area (Å²) in [4.78, 5) is 12.7. The summed E-state index contributed by atoms with van der Waals surface area (Å²) < 4.78 is 5.55. The van der Waals surface area contributed by atoms with Crippen molar-refractivity contribution in [2.24, 2.45) is 0 Å². The van der Waals surface area contributed by atoms with E-state index in [4.69, 9.17) is 16.1 Å². The van der Waals surface area contributed by atoms with Gasteiger partial charge in [-0.2, -0.15) is 0 Å². The third-order valence-electron chi connectivity index (χ3n) is 2.24. The molecule has 0 radical (unpaired) electrons. The second-order valence-electron chi connectivity index (χ2n) is 3.78. The number of aromatic nitrogens is 1. The van der Waals surface area contributed by atoms with Crippen LogP contribution in [0.15, 0.2) is 22.7 Å². The van der Waals surface area contributed by atoms with Crippen molar-refractivity contribution < 1.29 is 9.32 Å². The van der Waals surface area contributed by atoms with Gasteiger partial charge in [0, 0.05) is 10.9 Å². The van der Waals surface area contributed by atoms with E-state index in [2.05, 4.69) is 15.8 Å². The fourth-order valence-corrected chi connectivity index (χ4v) is 2.47. The number of thiophene rings is 1. The van der Waals surface area contributed by atoms with Crippen molar-refractivity contribution in [3.8, 4) is 0 Å². The minimum Gasteiger partial charge on any atom is -0.360 e. The van der Waals surface area contributed by atoms with Crippen molar-refractivity contribution in [2.75, 3.05) is 5.32 Å². The van der Waals surface area contributed by atoms with Gasteiger partial charge in [-0.25, -0.2) is 4.79 Å². The number of aryl methyl sites for hydroxylation is 1. The number of anilines is 1. The first kappa shape index (κ1) is 12.9. The number of nitrogens with one attached hydrogen (secondary N) is 2. The summed E-state index contributed by atoms with van der Waals surface area (Å²) in [6.07, 6.45) is 0. The molecule has 0 aliphatic rings. The molecule has 96 valence electrons. The number of rotatable bonds is 3. The topological polar surface area (TPSA) is 67.2 Å². The van der Waals surface area contributed by atoms with Gasteiger partial charge in [-0.1, -0.05) is 16.8 Å². The number of halogens is 1. The molecule has 0 aromatic carbocycles. The van der Waals surface area contributed by atoms with Gasteiger partial charge >= 0.3 is 6.03 Å². The fraction of sp³-hybridized carbons (Fsp3) is 0.273. The van der Waals surface area contributed by atoms with Crippen LogP contribution < -0.4 is 10.6 Å². The van der Waals surface area contributed by atoms with E-state index in [1.54, 1.807) is 19.1 Å². The number of carbonyl (C=O) groups is 1. The number of nitrogens with zero attached hydrogens (tertiary/aromatic N) is 1. The monoisotopic (exact) mass is 285 g/mol. The predicted octanol–water partition coefficient (Wildman–Crippen LogP) is 3.58. The maximum atomic E-state index is 11.7. The first-order valence-electron chi connectivity index (χ1n) is 5.30. The fourth-order valence-electron chi connectivity index (χ4n) is 1.41. The third kappa shape index (κ3) is 3.24. The Morgan fingerprint density at radius 2 is 2.33 bits per heavy atom. The molecule has 2 aromatic rings. The maximum Gasteiger partial charge on any atom is 0.320 e. The van der Waals surface area contributed by atoms with Crippen LogP contribution in [0.2, 0.25) is 4.34 Å². The van der Waals surface area contributed by atoms with Crippen LogP contribution >= 0.6 is 22.9 Å². The van der Waals surface area contributed by atoms with E-state index in [1.165, 1.54) is 11.3 Å². The second kappa shape index (κ2) is 5.41. The van der Waals surface area contributed by atoms with Gasteiger partial charge in [0.15, 0.2) is 5.82 Å². The van der Waals surface area contributed by atoms with Gasteiger partial charge in [0.2, 0.25) is 0 Å². The van der Waals surface area contributed by atoms with E-state index in [0.29, 0.717) is 15.9 Å². The molecule has 2 aromatic heterocycles. The first-order chi connectivity index (χ1) is 8.54. The molecular weight excluding hydrogens is 274 g/mol. The molecule has 0 aliphatic heterocycles. The van der Waals surface area contributed by atoms with E-state index in [1.807, 2.05) is 13.0 Å².